The highest BCUT2D eigenvalue weighted by Gasteiger charge is 2.35. The average molecular weight is 480 g/mol. The van der Waals surface area contributed by atoms with Gasteiger partial charge in [-0.25, -0.2) is 4.79 Å². The zero-order valence-electron chi connectivity index (χ0n) is 19.7. The van der Waals surface area contributed by atoms with Crippen molar-refractivity contribution in [1.29, 1.82) is 0 Å². The van der Waals surface area contributed by atoms with Gasteiger partial charge >= 0.3 is 12.0 Å². The molecule has 1 fully saturated rings. The standard InChI is InChI=1S/C25H38ClN3O4/c1-2-3-4-5-6-7-8-9-10-11-17-33-23(30)19-22-24(31)27-15-16-29(22)25(32)28-21-14-12-13-20(26)18-21/h12-14,18,22H,2-11,15-17,19H2,1H3,(H,27,31)(H,28,32). The molecule has 1 aromatic rings. The quantitative estimate of drug-likeness (QED) is 0.271. The van der Waals surface area contributed by atoms with Gasteiger partial charge in [0.1, 0.15) is 6.04 Å². The lowest BCUT2D eigenvalue weighted by Crippen LogP contribution is -2.58. The topological polar surface area (TPSA) is 87.7 Å². The van der Waals surface area contributed by atoms with Crippen molar-refractivity contribution in [2.45, 2.75) is 83.6 Å². The highest BCUT2D eigenvalue weighted by molar-refractivity contribution is 6.30. The minimum Gasteiger partial charge on any atom is -0.466 e. The summed E-state index contributed by atoms with van der Waals surface area (Å²) in [5.41, 5.74) is 0.528. The SMILES string of the molecule is CCCCCCCCCCCCOC(=O)CC1C(=O)NCCN1C(=O)Nc1cccc(Cl)c1. The van der Waals surface area contributed by atoms with Gasteiger partial charge in [-0.2, -0.15) is 0 Å². The van der Waals surface area contributed by atoms with Gasteiger partial charge in [-0.3, -0.25) is 9.59 Å². The molecule has 1 aliphatic rings. The third kappa shape index (κ3) is 10.5. The fourth-order valence-electron chi connectivity index (χ4n) is 3.91. The molecule has 7 nitrogen and oxygen atoms in total. The lowest BCUT2D eigenvalue weighted by atomic mass is 10.1. The summed E-state index contributed by atoms with van der Waals surface area (Å²) in [6.07, 6.45) is 11.9. The van der Waals surface area contributed by atoms with Gasteiger partial charge in [0, 0.05) is 23.8 Å². The van der Waals surface area contributed by atoms with Gasteiger partial charge < -0.3 is 20.3 Å². The summed E-state index contributed by atoms with van der Waals surface area (Å²) in [4.78, 5) is 38.8. The molecule has 184 valence electrons. The second kappa shape index (κ2) is 15.5. The van der Waals surface area contributed by atoms with Crippen LogP contribution < -0.4 is 10.6 Å². The Bertz CT molecular complexity index is 759. The van der Waals surface area contributed by atoms with E-state index in [2.05, 4.69) is 17.6 Å². The highest BCUT2D eigenvalue weighted by Crippen LogP contribution is 2.18. The molecule has 1 saturated heterocycles. The first-order valence-electron chi connectivity index (χ1n) is 12.3. The molecule has 8 heteroatoms. The van der Waals surface area contributed by atoms with E-state index in [0.29, 0.717) is 30.4 Å². The van der Waals surface area contributed by atoms with Crippen molar-refractivity contribution in [2.24, 2.45) is 0 Å². The number of unbranched alkanes of at least 4 members (excludes halogenated alkanes) is 9. The number of hydrogen-bond acceptors (Lipinski definition) is 4. The van der Waals surface area contributed by atoms with Gasteiger partial charge in [-0.05, 0) is 24.6 Å². The second-order valence-corrected chi connectivity index (χ2v) is 8.98. The van der Waals surface area contributed by atoms with Crippen LogP contribution in [0.25, 0.3) is 0 Å². The molecule has 33 heavy (non-hydrogen) atoms. The molecule has 1 heterocycles. The largest absolute Gasteiger partial charge is 0.466 e. The molecular weight excluding hydrogens is 442 g/mol. The van der Waals surface area contributed by atoms with Crippen LogP contribution in [-0.2, 0) is 14.3 Å². The molecule has 0 aromatic heterocycles. The van der Waals surface area contributed by atoms with E-state index < -0.39 is 18.0 Å². The Balaban J connectivity index is 1.67. The summed E-state index contributed by atoms with van der Waals surface area (Å²) >= 11 is 5.96. The maximum absolute atomic E-state index is 12.7. The predicted molar refractivity (Wildman–Crippen MR) is 131 cm³/mol. The van der Waals surface area contributed by atoms with Gasteiger partial charge in [0.25, 0.3) is 0 Å². The number of amides is 3. The van der Waals surface area contributed by atoms with Gasteiger partial charge in [-0.15, -0.1) is 0 Å². The monoisotopic (exact) mass is 479 g/mol. The zero-order valence-corrected chi connectivity index (χ0v) is 20.5. The van der Waals surface area contributed by atoms with Crippen LogP contribution >= 0.6 is 11.6 Å². The Morgan fingerprint density at radius 3 is 2.42 bits per heavy atom. The molecule has 0 spiro atoms. The van der Waals surface area contributed by atoms with Gasteiger partial charge in [0.15, 0.2) is 0 Å². The minimum atomic E-state index is -0.891. The molecule has 0 aliphatic carbocycles. The number of piperazine rings is 1. The first-order valence-corrected chi connectivity index (χ1v) is 12.7. The molecule has 0 bridgehead atoms. The van der Waals surface area contributed by atoms with Crippen LogP contribution in [0.1, 0.15) is 77.6 Å². The molecule has 1 aromatic carbocycles. The fourth-order valence-corrected chi connectivity index (χ4v) is 4.10. The first-order chi connectivity index (χ1) is 16.0. The number of carbonyl (C=O) groups excluding carboxylic acids is 3. The van der Waals surface area contributed by atoms with E-state index in [0.717, 1.165) is 19.3 Å². The maximum Gasteiger partial charge on any atom is 0.322 e. The Labute approximate surface area is 202 Å². The van der Waals surface area contributed by atoms with Crippen LogP contribution in [0.15, 0.2) is 24.3 Å². The third-order valence-electron chi connectivity index (χ3n) is 5.79. The number of nitrogens with zero attached hydrogens (tertiary/aromatic N) is 1. The molecule has 1 atom stereocenters. The number of rotatable bonds is 14. The number of benzene rings is 1. The molecule has 1 aliphatic heterocycles. The number of ether oxygens (including phenoxy) is 1. The maximum atomic E-state index is 12.7. The highest BCUT2D eigenvalue weighted by atomic mass is 35.5. The number of hydrogen-bond donors (Lipinski definition) is 2. The smallest absolute Gasteiger partial charge is 0.322 e. The van der Waals surface area contributed by atoms with Crippen LogP contribution in [0, 0.1) is 0 Å². The second-order valence-electron chi connectivity index (χ2n) is 8.55. The molecule has 0 saturated carbocycles. The van der Waals surface area contributed by atoms with E-state index in [9.17, 15) is 14.4 Å². The van der Waals surface area contributed by atoms with Crippen molar-refractivity contribution in [3.8, 4) is 0 Å². The Morgan fingerprint density at radius 1 is 1.09 bits per heavy atom. The van der Waals surface area contributed by atoms with Gasteiger partial charge in [0.2, 0.25) is 5.91 Å². The van der Waals surface area contributed by atoms with Crippen LogP contribution in [0.5, 0.6) is 0 Å². The van der Waals surface area contributed by atoms with Crippen molar-refractivity contribution in [2.75, 3.05) is 25.0 Å². The summed E-state index contributed by atoms with van der Waals surface area (Å²) < 4.78 is 5.33. The molecular formula is C25H38ClN3O4. The summed E-state index contributed by atoms with van der Waals surface area (Å²) in [5, 5.41) is 5.95. The fraction of sp³-hybridized carbons (Fsp3) is 0.640. The van der Waals surface area contributed by atoms with Crippen molar-refractivity contribution in [1.82, 2.24) is 10.2 Å². The lowest BCUT2D eigenvalue weighted by Gasteiger charge is -2.34. The minimum absolute atomic E-state index is 0.160. The normalized spacial score (nSPS) is 15.8. The van der Waals surface area contributed by atoms with E-state index in [-0.39, 0.29) is 12.3 Å². The van der Waals surface area contributed by atoms with E-state index in [1.165, 1.54) is 49.8 Å². The summed E-state index contributed by atoms with van der Waals surface area (Å²) in [5.74, 6) is -0.813. The van der Waals surface area contributed by atoms with Gasteiger partial charge in [0.05, 0.1) is 13.0 Å². The molecule has 2 N–H and O–H groups in total. The zero-order chi connectivity index (χ0) is 23.9. The first kappa shape index (κ1) is 27.0. The van der Waals surface area contributed by atoms with Crippen LogP contribution in [0.3, 0.4) is 0 Å². The number of anilines is 1. The third-order valence-corrected chi connectivity index (χ3v) is 6.02. The van der Waals surface area contributed by atoms with E-state index >= 15 is 0 Å². The summed E-state index contributed by atoms with van der Waals surface area (Å²) in [7, 11) is 0. The van der Waals surface area contributed by atoms with Crippen LogP contribution in [0.2, 0.25) is 5.02 Å². The van der Waals surface area contributed by atoms with Crippen LogP contribution in [-0.4, -0.2) is 48.5 Å². The number of nitrogens with one attached hydrogen (secondary N) is 2. The Morgan fingerprint density at radius 2 is 1.76 bits per heavy atom. The van der Waals surface area contributed by atoms with Crippen molar-refractivity contribution in [3.63, 3.8) is 0 Å². The average Bonchev–Trinajstić information content (AvgIpc) is 2.78. The molecule has 3 amide bonds. The molecule has 0 radical (unpaired) electrons. The lowest BCUT2D eigenvalue weighted by molar-refractivity contribution is -0.147. The number of carbonyl (C=O) groups is 3. The van der Waals surface area contributed by atoms with Crippen molar-refractivity contribution < 1.29 is 19.1 Å². The Hall–Kier alpha value is -2.28. The van der Waals surface area contributed by atoms with Crippen molar-refractivity contribution in [3.05, 3.63) is 29.3 Å². The summed E-state index contributed by atoms with van der Waals surface area (Å²) in [6, 6.07) is 5.43. The van der Waals surface area contributed by atoms with Crippen molar-refractivity contribution >= 4 is 35.2 Å². The van der Waals surface area contributed by atoms with E-state index in [1.807, 2.05) is 0 Å². The predicted octanol–water partition coefficient (Wildman–Crippen LogP) is 5.53. The Kier molecular flexibility index (Phi) is 12.7. The van der Waals surface area contributed by atoms with E-state index in [1.54, 1.807) is 24.3 Å². The van der Waals surface area contributed by atoms with E-state index in [4.69, 9.17) is 16.3 Å². The summed E-state index contributed by atoms with van der Waals surface area (Å²) in [6.45, 7) is 3.23. The number of halogens is 1. The number of esters is 1. The van der Waals surface area contributed by atoms with Crippen LogP contribution in [0.4, 0.5) is 10.5 Å². The van der Waals surface area contributed by atoms with Gasteiger partial charge in [-0.1, -0.05) is 82.4 Å². The molecule has 1 unspecified atom stereocenters. The molecule has 2 rings (SSSR count). The number of urea groups is 1.